The Balaban J connectivity index is 0.000000238. The molecule has 128 valence electrons. The Labute approximate surface area is 141 Å². The molecule has 3 aromatic heterocycles. The molecule has 0 aliphatic carbocycles. The summed E-state index contributed by atoms with van der Waals surface area (Å²) in [5, 5.41) is 8.11. The van der Waals surface area contributed by atoms with Crippen LogP contribution in [0, 0.1) is 5.92 Å². The van der Waals surface area contributed by atoms with Gasteiger partial charge in [-0.05, 0) is 25.2 Å². The number of aromatic amines is 1. The van der Waals surface area contributed by atoms with Crippen molar-refractivity contribution in [2.45, 2.75) is 39.5 Å². The van der Waals surface area contributed by atoms with Gasteiger partial charge in [0.05, 0.1) is 29.6 Å². The van der Waals surface area contributed by atoms with Gasteiger partial charge in [0.15, 0.2) is 5.82 Å². The molecule has 0 saturated carbocycles. The van der Waals surface area contributed by atoms with E-state index in [1.54, 1.807) is 18.6 Å². The quantitative estimate of drug-likeness (QED) is 0.799. The number of hydrogen-bond acceptors (Lipinski definition) is 5. The maximum absolute atomic E-state index is 5.07. The second-order valence-corrected chi connectivity index (χ2v) is 6.33. The van der Waals surface area contributed by atoms with Gasteiger partial charge in [0.1, 0.15) is 5.82 Å². The van der Waals surface area contributed by atoms with E-state index in [0.29, 0.717) is 11.7 Å². The maximum atomic E-state index is 5.07. The molecule has 7 heteroatoms. The Morgan fingerprint density at radius 3 is 2.50 bits per heavy atom. The van der Waals surface area contributed by atoms with E-state index in [-0.39, 0.29) is 0 Å². The molecule has 24 heavy (non-hydrogen) atoms. The topological polar surface area (TPSA) is 81.5 Å². The predicted octanol–water partition coefficient (Wildman–Crippen LogP) is 2.92. The monoisotopic (exact) mass is 328 g/mol. The zero-order valence-electron chi connectivity index (χ0n) is 14.3. The van der Waals surface area contributed by atoms with Crippen LogP contribution in [0.3, 0.4) is 0 Å². The first-order valence-corrected chi connectivity index (χ1v) is 8.51. The summed E-state index contributed by atoms with van der Waals surface area (Å²) in [6.45, 7) is 6.34. The van der Waals surface area contributed by atoms with Crippen LogP contribution >= 0.6 is 0 Å². The van der Waals surface area contributed by atoms with Crippen molar-refractivity contribution in [1.29, 1.82) is 0 Å². The lowest BCUT2D eigenvalue weighted by molar-refractivity contribution is 0.0968. The van der Waals surface area contributed by atoms with Crippen LogP contribution in [0.1, 0.15) is 38.9 Å². The second-order valence-electron chi connectivity index (χ2n) is 6.33. The third-order valence-corrected chi connectivity index (χ3v) is 3.70. The first-order chi connectivity index (χ1) is 11.7. The van der Waals surface area contributed by atoms with Gasteiger partial charge in [0.2, 0.25) is 0 Å². The lowest BCUT2D eigenvalue weighted by Gasteiger charge is -2.08. The summed E-state index contributed by atoms with van der Waals surface area (Å²) in [6, 6.07) is 1.88. The van der Waals surface area contributed by atoms with E-state index in [1.807, 2.05) is 6.07 Å². The van der Waals surface area contributed by atoms with Crippen LogP contribution in [0.2, 0.25) is 0 Å². The van der Waals surface area contributed by atoms with Gasteiger partial charge < -0.3 is 9.72 Å². The van der Waals surface area contributed by atoms with Crippen LogP contribution in [-0.2, 0) is 11.2 Å². The lowest BCUT2D eigenvalue weighted by atomic mass is 10.1. The number of ether oxygens (including phenoxy) is 1. The van der Waals surface area contributed by atoms with Crippen molar-refractivity contribution in [3.63, 3.8) is 0 Å². The standard InChI is InChI=1S/C12H14N6.C5H10O/c1-8(2)5-11-16-9-6-12(13-7-10(9)17-11)18-14-3-4-15-18;1-2-4-6-5-3-1/h3-4,6-8H,5H2,1-2H3,(H,16,17);1-5H2. The maximum Gasteiger partial charge on any atom is 0.176 e. The molecule has 0 radical (unpaired) electrons. The van der Waals surface area contributed by atoms with Crippen LogP contribution in [0.25, 0.3) is 16.9 Å². The van der Waals surface area contributed by atoms with Gasteiger partial charge >= 0.3 is 0 Å². The lowest BCUT2D eigenvalue weighted by Crippen LogP contribution is -2.03. The van der Waals surface area contributed by atoms with Gasteiger partial charge in [-0.2, -0.15) is 10.2 Å². The van der Waals surface area contributed by atoms with Crippen LogP contribution in [-0.4, -0.2) is 43.2 Å². The number of nitrogens with one attached hydrogen (secondary N) is 1. The molecule has 1 N–H and O–H groups in total. The number of pyridine rings is 1. The Kier molecular flexibility index (Phi) is 5.53. The summed E-state index contributed by atoms with van der Waals surface area (Å²) in [4.78, 5) is 13.6. The largest absolute Gasteiger partial charge is 0.381 e. The third-order valence-electron chi connectivity index (χ3n) is 3.70. The fourth-order valence-electron chi connectivity index (χ4n) is 2.57. The van der Waals surface area contributed by atoms with Crippen molar-refractivity contribution < 1.29 is 4.74 Å². The highest BCUT2D eigenvalue weighted by Crippen LogP contribution is 2.15. The smallest absolute Gasteiger partial charge is 0.176 e. The van der Waals surface area contributed by atoms with Gasteiger partial charge in [-0.25, -0.2) is 9.97 Å². The van der Waals surface area contributed by atoms with Crippen molar-refractivity contribution in [3.05, 3.63) is 30.5 Å². The van der Waals surface area contributed by atoms with E-state index in [9.17, 15) is 0 Å². The Hall–Kier alpha value is -2.28. The van der Waals surface area contributed by atoms with Gasteiger partial charge in [0.25, 0.3) is 0 Å². The normalized spacial score (nSPS) is 14.6. The van der Waals surface area contributed by atoms with Gasteiger partial charge in [-0.15, -0.1) is 4.80 Å². The van der Waals surface area contributed by atoms with Crippen LogP contribution in [0.4, 0.5) is 0 Å². The van der Waals surface area contributed by atoms with E-state index in [0.717, 1.165) is 36.5 Å². The number of imidazole rings is 1. The van der Waals surface area contributed by atoms with Crippen LogP contribution in [0.15, 0.2) is 24.7 Å². The summed E-state index contributed by atoms with van der Waals surface area (Å²) >= 11 is 0. The second kappa shape index (κ2) is 8.01. The average Bonchev–Trinajstić information content (AvgIpc) is 3.25. The SMILES string of the molecule is C1CCOCC1.CC(C)Cc1nc2cc(-n3nccn3)ncc2[nH]1. The zero-order chi connectivity index (χ0) is 16.8. The van der Waals surface area contributed by atoms with Crippen molar-refractivity contribution in [2.75, 3.05) is 13.2 Å². The van der Waals surface area contributed by atoms with Gasteiger partial charge in [-0.3, -0.25) is 0 Å². The Morgan fingerprint density at radius 2 is 1.92 bits per heavy atom. The minimum atomic E-state index is 0.575. The van der Waals surface area contributed by atoms with E-state index in [2.05, 4.69) is 39.0 Å². The number of nitrogens with zero attached hydrogens (tertiary/aromatic N) is 5. The number of rotatable bonds is 3. The molecule has 1 aliphatic rings. The molecule has 7 nitrogen and oxygen atoms in total. The fourth-order valence-corrected chi connectivity index (χ4v) is 2.57. The first-order valence-electron chi connectivity index (χ1n) is 8.51. The summed E-state index contributed by atoms with van der Waals surface area (Å²) in [5.74, 6) is 2.24. The summed E-state index contributed by atoms with van der Waals surface area (Å²) < 4.78 is 5.07. The average molecular weight is 328 g/mol. The van der Waals surface area contributed by atoms with Crippen molar-refractivity contribution in [2.24, 2.45) is 5.92 Å². The minimum absolute atomic E-state index is 0.575. The van der Waals surface area contributed by atoms with E-state index >= 15 is 0 Å². The number of aromatic nitrogens is 6. The number of hydrogen-bond donors (Lipinski definition) is 1. The summed E-state index contributed by atoms with van der Waals surface area (Å²) in [7, 11) is 0. The van der Waals surface area contributed by atoms with Crippen molar-refractivity contribution in [1.82, 2.24) is 29.9 Å². The highest BCUT2D eigenvalue weighted by atomic mass is 16.5. The summed E-state index contributed by atoms with van der Waals surface area (Å²) in [6.07, 6.45) is 9.89. The van der Waals surface area contributed by atoms with E-state index in [1.165, 1.54) is 24.1 Å². The molecule has 0 atom stereocenters. The zero-order valence-corrected chi connectivity index (χ0v) is 14.3. The van der Waals surface area contributed by atoms with Crippen molar-refractivity contribution >= 4 is 11.0 Å². The number of fused-ring (bicyclic) bond motifs is 1. The molecule has 0 aromatic carbocycles. The molecule has 1 aliphatic heterocycles. The first kappa shape index (κ1) is 16.6. The molecule has 4 rings (SSSR count). The molecule has 0 unspecified atom stereocenters. The summed E-state index contributed by atoms with van der Waals surface area (Å²) in [5.41, 5.74) is 1.84. The molecule has 3 aromatic rings. The molecule has 4 heterocycles. The van der Waals surface area contributed by atoms with E-state index in [4.69, 9.17) is 4.74 Å². The molecule has 0 spiro atoms. The molecular formula is C17H24N6O. The fraction of sp³-hybridized carbons (Fsp3) is 0.529. The van der Waals surface area contributed by atoms with Crippen LogP contribution in [0.5, 0.6) is 0 Å². The highest BCUT2D eigenvalue weighted by Gasteiger charge is 2.07. The molecule has 1 fully saturated rings. The Bertz CT molecular complexity index is 734. The highest BCUT2D eigenvalue weighted by molar-refractivity contribution is 5.75. The third kappa shape index (κ3) is 4.38. The molecule has 0 bridgehead atoms. The number of H-pyrrole nitrogens is 1. The minimum Gasteiger partial charge on any atom is -0.381 e. The molecule has 0 amide bonds. The van der Waals surface area contributed by atoms with Gasteiger partial charge in [0, 0.05) is 25.7 Å². The van der Waals surface area contributed by atoms with Gasteiger partial charge in [-0.1, -0.05) is 13.8 Å². The van der Waals surface area contributed by atoms with E-state index < -0.39 is 0 Å². The van der Waals surface area contributed by atoms with Crippen molar-refractivity contribution in [3.8, 4) is 5.82 Å². The Morgan fingerprint density at radius 1 is 1.17 bits per heavy atom. The molecular weight excluding hydrogens is 304 g/mol. The molecule has 1 saturated heterocycles. The van der Waals surface area contributed by atoms with Crippen LogP contribution < -0.4 is 0 Å². The predicted molar refractivity (Wildman–Crippen MR) is 92.0 cm³/mol.